The second kappa shape index (κ2) is 4.90. The first kappa shape index (κ1) is 10.1. The van der Waals surface area contributed by atoms with Gasteiger partial charge >= 0.3 is 0 Å². The van der Waals surface area contributed by atoms with E-state index in [1.54, 1.807) is 0 Å². The Hall–Kier alpha value is -2.40. The molecular weight excluding hydrogens is 198 g/mol. The summed E-state index contributed by atoms with van der Waals surface area (Å²) >= 11 is 0. The highest BCUT2D eigenvalue weighted by Crippen LogP contribution is 2.21. The summed E-state index contributed by atoms with van der Waals surface area (Å²) in [7, 11) is 0. The summed E-state index contributed by atoms with van der Waals surface area (Å²) in [5.74, 6) is 4.34. The van der Waals surface area contributed by atoms with Crippen molar-refractivity contribution in [1.82, 2.24) is 0 Å². The van der Waals surface area contributed by atoms with Gasteiger partial charge in [-0.25, -0.2) is 0 Å². The fourth-order valence-electron chi connectivity index (χ4n) is 1.35. The maximum atomic E-state index is 5.66. The predicted octanol–water partition coefficient (Wildman–Crippen LogP) is 2.75. The van der Waals surface area contributed by atoms with Crippen LogP contribution in [0.15, 0.2) is 54.6 Å². The smallest absolute Gasteiger partial charge is 0.128 e. The third kappa shape index (κ3) is 2.55. The molecule has 2 aromatic rings. The molecule has 2 aromatic carbocycles. The molecule has 0 aliphatic rings. The third-order valence-electron chi connectivity index (χ3n) is 2.03. The van der Waals surface area contributed by atoms with Gasteiger partial charge in [-0.2, -0.15) is 0 Å². The zero-order valence-electron chi connectivity index (χ0n) is 8.68. The molecule has 0 atom stereocenters. The van der Waals surface area contributed by atoms with E-state index in [1.165, 1.54) is 0 Å². The zero-order valence-corrected chi connectivity index (χ0v) is 8.68. The van der Waals surface area contributed by atoms with Crippen molar-refractivity contribution in [1.29, 1.82) is 0 Å². The molecule has 0 heterocycles. The standard InChI is InChI=1S/C14H11NO/c15-10-9-12-5-4-8-14(11-12)16-13-6-2-1-3-7-13/h1-8,11H,15H2. The van der Waals surface area contributed by atoms with Crippen LogP contribution in [0.5, 0.6) is 11.5 Å². The third-order valence-corrected chi connectivity index (χ3v) is 2.03. The van der Waals surface area contributed by atoms with Crippen molar-refractivity contribution in [2.24, 2.45) is 5.73 Å². The number of benzene rings is 2. The molecule has 0 spiro atoms. The normalized spacial score (nSPS) is 9.00. The minimum Gasteiger partial charge on any atom is -0.457 e. The summed E-state index contributed by atoms with van der Waals surface area (Å²) in [6.07, 6.45) is 0. The zero-order chi connectivity index (χ0) is 11.2. The molecule has 0 fully saturated rings. The van der Waals surface area contributed by atoms with E-state index in [4.69, 9.17) is 10.5 Å². The summed E-state index contributed by atoms with van der Waals surface area (Å²) in [6.45, 7) is 0. The predicted molar refractivity (Wildman–Crippen MR) is 64.0 cm³/mol. The van der Waals surface area contributed by atoms with Crippen LogP contribution in [0.25, 0.3) is 0 Å². The van der Waals surface area contributed by atoms with E-state index >= 15 is 0 Å². The lowest BCUT2D eigenvalue weighted by atomic mass is 10.2. The van der Waals surface area contributed by atoms with Crippen LogP contribution >= 0.6 is 0 Å². The van der Waals surface area contributed by atoms with Crippen molar-refractivity contribution in [2.75, 3.05) is 0 Å². The van der Waals surface area contributed by atoms with Crippen LogP contribution in [-0.2, 0) is 0 Å². The van der Waals surface area contributed by atoms with Gasteiger partial charge in [0.15, 0.2) is 0 Å². The maximum Gasteiger partial charge on any atom is 0.128 e. The summed E-state index contributed by atoms with van der Waals surface area (Å²) in [5, 5.41) is 0. The number of hydrogen-bond acceptors (Lipinski definition) is 2. The van der Waals surface area contributed by atoms with Gasteiger partial charge in [0.1, 0.15) is 11.5 Å². The average molecular weight is 209 g/mol. The second-order valence-electron chi connectivity index (χ2n) is 3.21. The van der Waals surface area contributed by atoms with Gasteiger partial charge in [-0.3, -0.25) is 0 Å². The molecule has 2 nitrogen and oxygen atoms in total. The highest BCUT2D eigenvalue weighted by atomic mass is 16.5. The first-order valence-electron chi connectivity index (χ1n) is 4.93. The fraction of sp³-hybridized carbons (Fsp3) is 0. The molecule has 0 bridgehead atoms. The van der Waals surface area contributed by atoms with Crippen LogP contribution in [0.1, 0.15) is 5.56 Å². The molecule has 2 heteroatoms. The Bertz CT molecular complexity index is 523. The summed E-state index contributed by atoms with van der Waals surface area (Å²) in [4.78, 5) is 0. The molecule has 0 radical (unpaired) electrons. The van der Waals surface area contributed by atoms with Gasteiger partial charge in [-0.05, 0) is 36.3 Å². The lowest BCUT2D eigenvalue weighted by Crippen LogP contribution is -1.85. The SMILES string of the molecule is NC#Cc1cccc(Oc2ccccc2)c1. The van der Waals surface area contributed by atoms with Gasteiger partial charge in [-0.15, -0.1) is 0 Å². The molecule has 2 rings (SSSR count). The first-order chi connectivity index (χ1) is 7.88. The number of hydrogen-bond donors (Lipinski definition) is 1. The van der Waals surface area contributed by atoms with Crippen molar-refractivity contribution in [3.8, 4) is 23.5 Å². The Kier molecular flexibility index (Phi) is 3.10. The fourth-order valence-corrected chi connectivity index (χ4v) is 1.35. The largest absolute Gasteiger partial charge is 0.457 e. The monoisotopic (exact) mass is 209 g/mol. The van der Waals surface area contributed by atoms with Crippen LogP contribution < -0.4 is 10.5 Å². The van der Waals surface area contributed by atoms with Gasteiger partial charge < -0.3 is 10.5 Å². The van der Waals surface area contributed by atoms with Crippen LogP contribution in [0.3, 0.4) is 0 Å². The Balaban J connectivity index is 2.21. The van der Waals surface area contributed by atoms with Crippen LogP contribution in [-0.4, -0.2) is 0 Å². The summed E-state index contributed by atoms with van der Waals surface area (Å²) < 4.78 is 5.66. The van der Waals surface area contributed by atoms with Gasteiger partial charge in [-0.1, -0.05) is 24.3 Å². The van der Waals surface area contributed by atoms with Gasteiger partial charge in [0.25, 0.3) is 0 Å². The molecule has 0 aromatic heterocycles. The van der Waals surface area contributed by atoms with E-state index in [0.717, 1.165) is 17.1 Å². The molecule has 0 unspecified atom stereocenters. The minimum atomic E-state index is 0.756. The molecular formula is C14H11NO. The number of rotatable bonds is 2. The Morgan fingerprint density at radius 1 is 0.875 bits per heavy atom. The van der Waals surface area contributed by atoms with Crippen molar-refractivity contribution in [3.05, 3.63) is 60.2 Å². The molecule has 0 amide bonds. The van der Waals surface area contributed by atoms with Crippen molar-refractivity contribution in [2.45, 2.75) is 0 Å². The van der Waals surface area contributed by atoms with Crippen molar-refractivity contribution < 1.29 is 4.74 Å². The van der Waals surface area contributed by atoms with E-state index < -0.39 is 0 Å². The lowest BCUT2D eigenvalue weighted by molar-refractivity contribution is 0.482. The van der Waals surface area contributed by atoms with Crippen molar-refractivity contribution >= 4 is 0 Å². The van der Waals surface area contributed by atoms with Gasteiger partial charge in [0.05, 0.1) is 0 Å². The molecule has 0 aliphatic carbocycles. The van der Waals surface area contributed by atoms with E-state index in [1.807, 2.05) is 54.6 Å². The lowest BCUT2D eigenvalue weighted by Gasteiger charge is -2.05. The Morgan fingerprint density at radius 3 is 2.38 bits per heavy atom. The Labute approximate surface area is 94.7 Å². The van der Waals surface area contributed by atoms with E-state index in [9.17, 15) is 0 Å². The maximum absolute atomic E-state index is 5.66. The summed E-state index contributed by atoms with van der Waals surface area (Å²) in [6, 6.07) is 19.5. The van der Waals surface area contributed by atoms with Gasteiger partial charge in [0.2, 0.25) is 0 Å². The highest BCUT2D eigenvalue weighted by molar-refractivity contribution is 5.41. The molecule has 0 saturated carbocycles. The van der Waals surface area contributed by atoms with E-state index in [0.29, 0.717) is 0 Å². The van der Waals surface area contributed by atoms with Crippen LogP contribution in [0.2, 0.25) is 0 Å². The molecule has 2 N–H and O–H groups in total. The molecule has 78 valence electrons. The first-order valence-corrected chi connectivity index (χ1v) is 4.93. The Morgan fingerprint density at radius 2 is 1.62 bits per heavy atom. The number of para-hydroxylation sites is 1. The van der Waals surface area contributed by atoms with Crippen LogP contribution in [0.4, 0.5) is 0 Å². The van der Waals surface area contributed by atoms with Crippen LogP contribution in [0, 0.1) is 12.0 Å². The molecule has 0 aliphatic heterocycles. The highest BCUT2D eigenvalue weighted by Gasteiger charge is 1.96. The molecule has 16 heavy (non-hydrogen) atoms. The molecule has 0 saturated heterocycles. The van der Waals surface area contributed by atoms with E-state index in [2.05, 4.69) is 12.0 Å². The number of ether oxygens (including phenoxy) is 1. The van der Waals surface area contributed by atoms with E-state index in [-0.39, 0.29) is 0 Å². The van der Waals surface area contributed by atoms with Crippen molar-refractivity contribution in [3.63, 3.8) is 0 Å². The topological polar surface area (TPSA) is 35.2 Å². The second-order valence-corrected chi connectivity index (χ2v) is 3.21. The average Bonchev–Trinajstić information content (AvgIpc) is 2.31. The summed E-state index contributed by atoms with van der Waals surface area (Å²) in [5.41, 5.74) is 6.00. The van der Waals surface area contributed by atoms with Gasteiger partial charge in [0, 0.05) is 11.6 Å². The quantitative estimate of drug-likeness (QED) is 0.609. The minimum absolute atomic E-state index is 0.756. The number of nitrogens with two attached hydrogens (primary N) is 1.